The van der Waals surface area contributed by atoms with E-state index in [4.69, 9.17) is 27.1 Å². The van der Waals surface area contributed by atoms with Crippen LogP contribution in [0.1, 0.15) is 74.9 Å². The first-order chi connectivity index (χ1) is 22.4. The van der Waals surface area contributed by atoms with Crippen molar-refractivity contribution in [1.82, 2.24) is 0 Å². The second-order valence-corrected chi connectivity index (χ2v) is 15.4. The van der Waals surface area contributed by atoms with Crippen LogP contribution in [-0.2, 0) is 10.8 Å². The Balaban J connectivity index is 1.94. The summed E-state index contributed by atoms with van der Waals surface area (Å²) in [6.07, 6.45) is -1.43. The van der Waals surface area contributed by atoms with Gasteiger partial charge in [-0.1, -0.05) is 53.7 Å². The van der Waals surface area contributed by atoms with Gasteiger partial charge in [-0.05, 0) is 97.2 Å². The lowest BCUT2D eigenvalue weighted by Gasteiger charge is -2.27. The van der Waals surface area contributed by atoms with Crippen molar-refractivity contribution in [3.63, 3.8) is 0 Å². The molecule has 1 aromatic heterocycles. The minimum Gasteiger partial charge on any atom is -0.497 e. The highest BCUT2D eigenvalue weighted by Gasteiger charge is 2.31. The van der Waals surface area contributed by atoms with Crippen LogP contribution in [0.5, 0.6) is 23.0 Å². The van der Waals surface area contributed by atoms with Crippen molar-refractivity contribution in [2.24, 2.45) is 0 Å². The maximum atomic E-state index is 12.2. The SMILES string of the molecule is COc1cc(-c2cc(OC)cc(C(C)(C)C)c2Op2oc3c(C)cc(C)cc3c3cc(C)cc(C)c3o2)c(OC(=O)O)c(C(C)(C)C)c1. The van der Waals surface area contributed by atoms with Gasteiger partial charge in [0, 0.05) is 33.0 Å². The molecule has 0 unspecified atom stereocenters. The Kier molecular flexibility index (Phi) is 9.28. The van der Waals surface area contributed by atoms with Crippen molar-refractivity contribution in [1.29, 1.82) is 0 Å². The van der Waals surface area contributed by atoms with Crippen LogP contribution in [-0.4, -0.2) is 25.5 Å². The van der Waals surface area contributed by atoms with Crippen molar-refractivity contribution in [2.45, 2.75) is 80.1 Å². The molecule has 0 amide bonds. The van der Waals surface area contributed by atoms with Crippen LogP contribution in [0.3, 0.4) is 0 Å². The quantitative estimate of drug-likeness (QED) is 0.140. The van der Waals surface area contributed by atoms with E-state index in [0.717, 1.165) is 38.6 Å². The summed E-state index contributed by atoms with van der Waals surface area (Å²) >= 11 is 0. The van der Waals surface area contributed by atoms with Crippen LogP contribution < -0.4 is 18.7 Å². The van der Waals surface area contributed by atoms with Gasteiger partial charge in [-0.25, -0.2) is 4.79 Å². The number of benzene rings is 4. The third kappa shape index (κ3) is 6.86. The highest BCUT2D eigenvalue weighted by molar-refractivity contribution is 7.32. The normalized spacial score (nSPS) is 11.9. The predicted octanol–water partition coefficient (Wildman–Crippen LogP) is 11.7. The average molecular weight is 673 g/mol. The van der Waals surface area contributed by atoms with E-state index in [9.17, 15) is 9.90 Å². The second-order valence-electron chi connectivity index (χ2n) is 14.4. The fraction of sp³-hybridized carbons (Fsp3) is 0.359. The molecule has 0 saturated heterocycles. The van der Waals surface area contributed by atoms with Gasteiger partial charge in [0.15, 0.2) is 0 Å². The zero-order chi connectivity index (χ0) is 35.3. The fourth-order valence-corrected chi connectivity index (χ4v) is 7.32. The largest absolute Gasteiger partial charge is 0.511 e. The number of aryl methyl sites for hydroxylation is 4. The van der Waals surface area contributed by atoms with Crippen LogP contribution in [0, 0.1) is 27.7 Å². The van der Waals surface area contributed by atoms with Gasteiger partial charge < -0.3 is 32.2 Å². The molecule has 1 N–H and O–H groups in total. The van der Waals surface area contributed by atoms with E-state index in [1.54, 1.807) is 26.4 Å². The Morgan fingerprint density at radius 3 is 1.46 bits per heavy atom. The summed E-state index contributed by atoms with van der Waals surface area (Å²) in [6, 6.07) is 15.7. The fourth-order valence-electron chi connectivity index (χ4n) is 6.08. The Hall–Kier alpha value is -4.55. The molecule has 0 aliphatic carbocycles. The molecule has 9 heteroatoms. The topological polar surface area (TPSA) is 101 Å². The van der Waals surface area contributed by atoms with E-state index in [2.05, 4.69) is 58.9 Å². The van der Waals surface area contributed by atoms with Crippen molar-refractivity contribution in [3.05, 3.63) is 81.9 Å². The monoisotopic (exact) mass is 672 g/mol. The molecule has 0 aliphatic rings. The number of rotatable bonds is 6. The number of ether oxygens (including phenoxy) is 3. The number of hydrogen-bond donors (Lipinski definition) is 1. The molecule has 0 bridgehead atoms. The van der Waals surface area contributed by atoms with Gasteiger partial charge in [0.1, 0.15) is 34.2 Å². The number of hydrogen-bond acceptors (Lipinski definition) is 7. The van der Waals surface area contributed by atoms with Crippen LogP contribution in [0.15, 0.2) is 56.9 Å². The molecule has 4 aromatic carbocycles. The summed E-state index contributed by atoms with van der Waals surface area (Å²) in [4.78, 5) is 12.2. The maximum absolute atomic E-state index is 12.2. The van der Waals surface area contributed by atoms with Gasteiger partial charge >= 0.3 is 14.4 Å². The first kappa shape index (κ1) is 34.8. The molecule has 254 valence electrons. The maximum Gasteiger partial charge on any atom is 0.511 e. The number of methoxy groups -OCH3 is 2. The Bertz CT molecular complexity index is 2020. The molecule has 0 fully saturated rings. The minimum absolute atomic E-state index is 0.178. The summed E-state index contributed by atoms with van der Waals surface area (Å²) < 4.78 is 37.4. The molecule has 48 heavy (non-hydrogen) atoms. The number of fused-ring (bicyclic) bond motifs is 3. The van der Waals surface area contributed by atoms with Gasteiger partial charge in [-0.15, -0.1) is 0 Å². The van der Waals surface area contributed by atoms with E-state index in [-0.39, 0.29) is 5.75 Å². The summed E-state index contributed by atoms with van der Waals surface area (Å²) in [7, 11) is 1.09. The summed E-state index contributed by atoms with van der Waals surface area (Å²) in [5.74, 6) is 1.73. The second kappa shape index (κ2) is 12.8. The van der Waals surface area contributed by atoms with Crippen LogP contribution >= 0.6 is 8.24 Å². The highest BCUT2D eigenvalue weighted by atomic mass is 31.1. The average Bonchev–Trinajstić information content (AvgIpc) is 3.13. The molecular formula is C39H45O8P. The smallest absolute Gasteiger partial charge is 0.497 e. The number of carbonyl (C=O) groups is 1. The van der Waals surface area contributed by atoms with Gasteiger partial charge in [0.05, 0.1) is 14.2 Å². The summed E-state index contributed by atoms with van der Waals surface area (Å²) in [5.41, 5.74) is 7.03. The van der Waals surface area contributed by atoms with E-state index in [0.29, 0.717) is 45.1 Å². The van der Waals surface area contributed by atoms with Crippen molar-refractivity contribution >= 4 is 36.3 Å². The molecule has 5 rings (SSSR count). The summed E-state index contributed by atoms with van der Waals surface area (Å²) in [6.45, 7) is 20.4. The van der Waals surface area contributed by atoms with Gasteiger partial charge in [0.25, 0.3) is 0 Å². The van der Waals surface area contributed by atoms with Gasteiger partial charge in [-0.2, -0.15) is 0 Å². The van der Waals surface area contributed by atoms with Crippen LogP contribution in [0.4, 0.5) is 4.79 Å². The zero-order valence-electron chi connectivity index (χ0n) is 29.9. The molecular weight excluding hydrogens is 627 g/mol. The van der Waals surface area contributed by atoms with Crippen LogP contribution in [0.25, 0.3) is 33.1 Å². The molecule has 0 atom stereocenters. The highest BCUT2D eigenvalue weighted by Crippen LogP contribution is 2.52. The number of carboxylic acid groups (broad SMARTS) is 1. The van der Waals surface area contributed by atoms with E-state index >= 15 is 0 Å². The van der Waals surface area contributed by atoms with Crippen LogP contribution in [0.2, 0.25) is 0 Å². The Morgan fingerprint density at radius 2 is 1.06 bits per heavy atom. The van der Waals surface area contributed by atoms with Crippen molar-refractivity contribution in [3.8, 4) is 34.1 Å². The minimum atomic E-state index is -2.08. The standard InChI is InChI=1S/C39H45O8P/c1-21-13-23(3)33-27(15-21)28-16-22(2)14-24(4)34(28)46-48(45-33)47-36-30(18-26(43-12)20-32(36)39(8,9)10)29-17-25(42-11)19-31(38(5,6)7)35(29)44-37(40)41/h13-20H,1-12H3,(H,40,41). The van der Waals surface area contributed by atoms with E-state index in [1.807, 2.05) is 46.8 Å². The Morgan fingerprint density at radius 1 is 0.646 bits per heavy atom. The molecule has 8 nitrogen and oxygen atoms in total. The van der Waals surface area contributed by atoms with E-state index < -0.39 is 25.2 Å². The van der Waals surface area contributed by atoms with Crippen molar-refractivity contribution in [2.75, 3.05) is 14.2 Å². The zero-order valence-corrected chi connectivity index (χ0v) is 30.8. The third-order valence-electron chi connectivity index (χ3n) is 8.32. The third-order valence-corrected chi connectivity index (χ3v) is 9.31. The summed E-state index contributed by atoms with van der Waals surface area (Å²) in [5, 5.41) is 11.8. The predicted molar refractivity (Wildman–Crippen MR) is 192 cm³/mol. The van der Waals surface area contributed by atoms with E-state index in [1.165, 1.54) is 0 Å². The molecule has 5 aromatic rings. The molecule has 1 heterocycles. The lowest BCUT2D eigenvalue weighted by atomic mass is 9.81. The lowest BCUT2D eigenvalue weighted by Crippen LogP contribution is -2.17. The van der Waals surface area contributed by atoms with Crippen molar-refractivity contribution < 1.29 is 37.0 Å². The van der Waals surface area contributed by atoms with Gasteiger partial charge in [-0.3, -0.25) is 0 Å². The Labute approximate surface area is 283 Å². The molecule has 0 radical (unpaired) electrons. The lowest BCUT2D eigenvalue weighted by molar-refractivity contribution is 0.143. The molecule has 0 spiro atoms. The first-order valence-corrected chi connectivity index (χ1v) is 16.9. The molecule has 0 saturated carbocycles. The first-order valence-electron chi connectivity index (χ1n) is 15.8. The van der Waals surface area contributed by atoms with Gasteiger partial charge in [0.2, 0.25) is 0 Å². The molecule has 0 aliphatic heterocycles.